The Labute approximate surface area is 151 Å². The minimum Gasteiger partial charge on any atom is -0.453 e. The van der Waals surface area contributed by atoms with Crippen LogP contribution in [0.5, 0.6) is 0 Å². The summed E-state index contributed by atoms with van der Waals surface area (Å²) in [6, 6.07) is 3.23. The van der Waals surface area contributed by atoms with Gasteiger partial charge in [0.15, 0.2) is 5.82 Å². The van der Waals surface area contributed by atoms with E-state index in [0.717, 1.165) is 18.4 Å². The minimum atomic E-state index is -0.475. The number of rotatable bonds is 5. The second-order valence-electron chi connectivity index (χ2n) is 6.06. The summed E-state index contributed by atoms with van der Waals surface area (Å²) < 4.78 is 4.77. The second kappa shape index (κ2) is 8.41. The van der Waals surface area contributed by atoms with Crippen molar-refractivity contribution in [1.29, 1.82) is 0 Å². The Morgan fingerprint density at radius 1 is 1.42 bits per heavy atom. The molecular formula is C17H22N6O3. The lowest BCUT2D eigenvalue weighted by atomic mass is 10.0. The number of likely N-dealkylation sites (tertiary alicyclic amines) is 1. The summed E-state index contributed by atoms with van der Waals surface area (Å²) in [6.07, 6.45) is 5.89. The van der Waals surface area contributed by atoms with E-state index in [-0.39, 0.29) is 5.91 Å². The normalized spacial score (nSPS) is 17.0. The van der Waals surface area contributed by atoms with Gasteiger partial charge in [0, 0.05) is 37.5 Å². The van der Waals surface area contributed by atoms with E-state index in [2.05, 4.69) is 25.5 Å². The van der Waals surface area contributed by atoms with Crippen LogP contribution < -0.4 is 5.32 Å². The van der Waals surface area contributed by atoms with Gasteiger partial charge in [0.1, 0.15) is 11.9 Å². The number of aromatic amines is 1. The van der Waals surface area contributed by atoms with Gasteiger partial charge in [0.25, 0.3) is 0 Å². The average molecular weight is 358 g/mol. The molecule has 2 aromatic rings. The number of carbonyl (C=O) groups excluding carboxylic acids is 2. The Bertz CT molecular complexity index is 748. The van der Waals surface area contributed by atoms with Gasteiger partial charge < -0.3 is 10.1 Å². The lowest BCUT2D eigenvalue weighted by Gasteiger charge is -2.33. The molecule has 1 fully saturated rings. The molecule has 1 aliphatic heterocycles. The van der Waals surface area contributed by atoms with Gasteiger partial charge in [-0.25, -0.2) is 9.78 Å². The maximum atomic E-state index is 12.4. The maximum Gasteiger partial charge on any atom is 0.410 e. The monoisotopic (exact) mass is 358 g/mol. The standard InChI is InChI=1S/C17H22N6O3/c1-26-17(25)23-10-3-2-6-13(23)16(24)19-9-7-14-20-15(22-21-14)12-5-4-8-18-11-12/h4-5,8,11,13H,2-3,6-7,9-10H2,1H3,(H,19,24)(H,20,21,22)/t13-/m0/s1. The molecule has 2 N–H and O–H groups in total. The summed E-state index contributed by atoms with van der Waals surface area (Å²) in [7, 11) is 1.33. The van der Waals surface area contributed by atoms with Crippen molar-refractivity contribution >= 4 is 12.0 Å². The average Bonchev–Trinajstić information content (AvgIpc) is 3.17. The lowest BCUT2D eigenvalue weighted by molar-refractivity contribution is -0.126. The summed E-state index contributed by atoms with van der Waals surface area (Å²) >= 11 is 0. The van der Waals surface area contributed by atoms with Gasteiger partial charge in [0.2, 0.25) is 5.91 Å². The van der Waals surface area contributed by atoms with E-state index in [1.54, 1.807) is 12.4 Å². The molecule has 1 saturated heterocycles. The number of methoxy groups -OCH3 is 1. The molecule has 3 heterocycles. The van der Waals surface area contributed by atoms with E-state index in [4.69, 9.17) is 4.74 Å². The summed E-state index contributed by atoms with van der Waals surface area (Å²) in [5.74, 6) is 1.09. The van der Waals surface area contributed by atoms with E-state index in [1.165, 1.54) is 12.0 Å². The van der Waals surface area contributed by atoms with Crippen LogP contribution in [0, 0.1) is 0 Å². The first-order valence-electron chi connectivity index (χ1n) is 8.63. The molecular weight excluding hydrogens is 336 g/mol. The maximum absolute atomic E-state index is 12.4. The van der Waals surface area contributed by atoms with Crippen LogP contribution in [0.1, 0.15) is 25.1 Å². The Kier molecular flexibility index (Phi) is 5.77. The molecule has 0 aromatic carbocycles. The quantitative estimate of drug-likeness (QED) is 0.829. The summed E-state index contributed by atoms with van der Waals surface area (Å²) in [4.78, 5) is 34.2. The highest BCUT2D eigenvalue weighted by atomic mass is 16.5. The van der Waals surface area contributed by atoms with Crippen molar-refractivity contribution in [2.75, 3.05) is 20.2 Å². The van der Waals surface area contributed by atoms with E-state index in [9.17, 15) is 9.59 Å². The highest BCUT2D eigenvalue weighted by molar-refractivity contribution is 5.85. The number of amides is 2. The zero-order chi connectivity index (χ0) is 18.4. The SMILES string of the molecule is COC(=O)N1CCCC[C@H]1C(=O)NCCc1nc(-c2cccnc2)n[nH]1. The fourth-order valence-electron chi connectivity index (χ4n) is 2.99. The smallest absolute Gasteiger partial charge is 0.410 e. The molecule has 1 atom stereocenters. The summed E-state index contributed by atoms with van der Waals surface area (Å²) in [5.41, 5.74) is 0.829. The summed E-state index contributed by atoms with van der Waals surface area (Å²) in [6.45, 7) is 0.952. The van der Waals surface area contributed by atoms with Gasteiger partial charge in [0.05, 0.1) is 7.11 Å². The fourth-order valence-corrected chi connectivity index (χ4v) is 2.99. The van der Waals surface area contributed by atoms with E-state index >= 15 is 0 Å². The molecule has 0 radical (unpaired) electrons. The minimum absolute atomic E-state index is 0.165. The van der Waals surface area contributed by atoms with E-state index in [0.29, 0.717) is 37.6 Å². The van der Waals surface area contributed by atoms with Crippen LogP contribution in [0.3, 0.4) is 0 Å². The van der Waals surface area contributed by atoms with Gasteiger partial charge in [-0.3, -0.25) is 19.8 Å². The fraction of sp³-hybridized carbons (Fsp3) is 0.471. The molecule has 138 valence electrons. The van der Waals surface area contributed by atoms with Crippen molar-refractivity contribution in [1.82, 2.24) is 30.4 Å². The van der Waals surface area contributed by atoms with Gasteiger partial charge >= 0.3 is 6.09 Å². The molecule has 1 aliphatic rings. The van der Waals surface area contributed by atoms with Gasteiger partial charge in [-0.1, -0.05) is 0 Å². The second-order valence-corrected chi connectivity index (χ2v) is 6.06. The van der Waals surface area contributed by atoms with Crippen molar-refractivity contribution in [2.45, 2.75) is 31.7 Å². The number of piperidine rings is 1. The number of nitrogens with zero attached hydrogens (tertiary/aromatic N) is 4. The predicted octanol–water partition coefficient (Wildman–Crippen LogP) is 1.15. The highest BCUT2D eigenvalue weighted by Gasteiger charge is 2.32. The number of hydrogen-bond acceptors (Lipinski definition) is 6. The Morgan fingerprint density at radius 3 is 3.08 bits per heavy atom. The number of hydrogen-bond donors (Lipinski definition) is 2. The van der Waals surface area contributed by atoms with Crippen LogP contribution in [0.15, 0.2) is 24.5 Å². The van der Waals surface area contributed by atoms with Crippen LogP contribution in [0.2, 0.25) is 0 Å². The van der Waals surface area contributed by atoms with Crippen molar-refractivity contribution in [3.05, 3.63) is 30.4 Å². The predicted molar refractivity (Wildman–Crippen MR) is 93.1 cm³/mol. The molecule has 3 rings (SSSR count). The molecule has 0 bridgehead atoms. The number of H-pyrrole nitrogens is 1. The third-order valence-corrected chi connectivity index (χ3v) is 4.33. The van der Waals surface area contributed by atoms with Crippen LogP contribution in [-0.2, 0) is 16.0 Å². The van der Waals surface area contributed by atoms with Gasteiger partial charge in [-0.05, 0) is 31.4 Å². The number of aromatic nitrogens is 4. The number of pyridine rings is 1. The third kappa shape index (κ3) is 4.16. The molecule has 0 aliphatic carbocycles. The van der Waals surface area contributed by atoms with Gasteiger partial charge in [-0.2, -0.15) is 5.10 Å². The van der Waals surface area contributed by atoms with Crippen LogP contribution >= 0.6 is 0 Å². The lowest BCUT2D eigenvalue weighted by Crippen LogP contribution is -2.52. The van der Waals surface area contributed by atoms with E-state index in [1.807, 2.05) is 12.1 Å². The van der Waals surface area contributed by atoms with Crippen molar-refractivity contribution in [3.63, 3.8) is 0 Å². The Hall–Kier alpha value is -2.97. The third-order valence-electron chi connectivity index (χ3n) is 4.33. The number of ether oxygens (including phenoxy) is 1. The molecule has 2 amide bonds. The van der Waals surface area contributed by atoms with Crippen molar-refractivity contribution in [2.24, 2.45) is 0 Å². The highest BCUT2D eigenvalue weighted by Crippen LogP contribution is 2.18. The number of carbonyl (C=O) groups is 2. The molecule has 0 unspecified atom stereocenters. The first kappa shape index (κ1) is 17.8. The van der Waals surface area contributed by atoms with E-state index < -0.39 is 12.1 Å². The van der Waals surface area contributed by atoms with Crippen LogP contribution in [0.4, 0.5) is 4.79 Å². The molecule has 2 aromatic heterocycles. The van der Waals surface area contributed by atoms with Crippen LogP contribution in [-0.4, -0.2) is 63.3 Å². The Morgan fingerprint density at radius 2 is 2.31 bits per heavy atom. The topological polar surface area (TPSA) is 113 Å². The first-order valence-corrected chi connectivity index (χ1v) is 8.63. The Balaban J connectivity index is 1.52. The molecule has 0 saturated carbocycles. The number of nitrogens with one attached hydrogen (secondary N) is 2. The molecule has 0 spiro atoms. The molecule has 26 heavy (non-hydrogen) atoms. The van der Waals surface area contributed by atoms with Crippen molar-refractivity contribution < 1.29 is 14.3 Å². The molecule has 9 nitrogen and oxygen atoms in total. The largest absolute Gasteiger partial charge is 0.453 e. The van der Waals surface area contributed by atoms with Gasteiger partial charge in [-0.15, -0.1) is 0 Å². The van der Waals surface area contributed by atoms with Crippen molar-refractivity contribution in [3.8, 4) is 11.4 Å². The zero-order valence-corrected chi connectivity index (χ0v) is 14.6. The molecule has 9 heteroatoms. The first-order chi connectivity index (χ1) is 12.7. The van der Waals surface area contributed by atoms with Crippen LogP contribution in [0.25, 0.3) is 11.4 Å². The zero-order valence-electron chi connectivity index (χ0n) is 14.6. The summed E-state index contributed by atoms with van der Waals surface area (Å²) in [5, 5.41) is 9.90.